The molecule has 3 amide bonds. The van der Waals surface area contributed by atoms with E-state index in [0.29, 0.717) is 102 Å². The van der Waals surface area contributed by atoms with Crippen LogP contribution < -0.4 is 40.4 Å². The van der Waals surface area contributed by atoms with Gasteiger partial charge in [-0.3, -0.25) is 19.4 Å². The van der Waals surface area contributed by atoms with Crippen LogP contribution in [-0.2, 0) is 24.7 Å². The van der Waals surface area contributed by atoms with E-state index in [9.17, 15) is 29.0 Å². The lowest BCUT2D eigenvalue weighted by molar-refractivity contribution is -0.118. The topological polar surface area (TPSA) is 218 Å². The van der Waals surface area contributed by atoms with Gasteiger partial charge in [0.05, 0.1) is 60.6 Å². The minimum atomic E-state index is -1.01. The molecule has 4 aromatic carbocycles. The number of hydrogen-bond donors (Lipinski definition) is 6. The third kappa shape index (κ3) is 13.0. The van der Waals surface area contributed by atoms with Gasteiger partial charge in [0.2, 0.25) is 5.91 Å². The number of carbonyl (C=O) groups is 3. The van der Waals surface area contributed by atoms with E-state index >= 15 is 0 Å². The van der Waals surface area contributed by atoms with Crippen LogP contribution in [0.3, 0.4) is 0 Å². The lowest BCUT2D eigenvalue weighted by Crippen LogP contribution is -2.48. The maximum absolute atomic E-state index is 13.6. The van der Waals surface area contributed by atoms with Gasteiger partial charge in [0.15, 0.2) is 6.61 Å². The summed E-state index contributed by atoms with van der Waals surface area (Å²) in [5.74, 6) is 1.45. The summed E-state index contributed by atoms with van der Waals surface area (Å²) in [4.78, 5) is 49.8. The molecule has 5 aromatic rings. The van der Waals surface area contributed by atoms with Gasteiger partial charge < -0.3 is 55.2 Å². The van der Waals surface area contributed by atoms with Crippen LogP contribution in [0.5, 0.6) is 23.0 Å². The lowest BCUT2D eigenvalue weighted by Gasteiger charge is -2.40. The van der Waals surface area contributed by atoms with Crippen LogP contribution in [0.4, 0.5) is 37.8 Å². The number of aromatic nitrogens is 2. The van der Waals surface area contributed by atoms with Gasteiger partial charge in [0.25, 0.3) is 5.91 Å². The summed E-state index contributed by atoms with van der Waals surface area (Å²) in [5, 5.41) is 33.7. The number of phenols is 1. The van der Waals surface area contributed by atoms with Gasteiger partial charge in [-0.05, 0) is 101 Å². The number of nitrogens with zero attached hydrogens (tertiary/aromatic N) is 4. The van der Waals surface area contributed by atoms with Crippen molar-refractivity contribution in [1.29, 1.82) is 0 Å². The monoisotopic (exact) mass is 1010 g/mol. The normalized spacial score (nSPS) is 16.9. The maximum Gasteiger partial charge on any atom is 0.415 e. The van der Waals surface area contributed by atoms with Crippen molar-refractivity contribution in [3.8, 4) is 23.0 Å². The van der Waals surface area contributed by atoms with Crippen molar-refractivity contribution >= 4 is 69.0 Å². The smallest absolute Gasteiger partial charge is 0.415 e. The predicted molar refractivity (Wildman–Crippen MR) is 271 cm³/mol. The molecule has 72 heavy (non-hydrogen) atoms. The Labute approximate surface area is 421 Å². The fourth-order valence-corrected chi connectivity index (χ4v) is 8.47. The van der Waals surface area contributed by atoms with Crippen LogP contribution in [0, 0.1) is 11.7 Å². The van der Waals surface area contributed by atoms with Gasteiger partial charge in [0, 0.05) is 78.7 Å². The van der Waals surface area contributed by atoms with E-state index in [1.165, 1.54) is 36.7 Å². The second kappa shape index (κ2) is 22.3. The third-order valence-electron chi connectivity index (χ3n) is 12.6. The Kier molecular flexibility index (Phi) is 16.0. The summed E-state index contributed by atoms with van der Waals surface area (Å²) in [6.07, 6.45) is 6.25. The first kappa shape index (κ1) is 51.6. The van der Waals surface area contributed by atoms with Crippen molar-refractivity contribution < 1.29 is 52.7 Å². The largest absolute Gasteiger partial charge is 0.508 e. The molecule has 0 bridgehead atoms. The number of nitrogens with one attached hydrogen (secondary N) is 4. The Bertz CT molecular complexity index is 2840. The van der Waals surface area contributed by atoms with E-state index in [0.717, 1.165) is 37.2 Å². The van der Waals surface area contributed by atoms with Crippen LogP contribution in [0.25, 0.3) is 10.9 Å². The summed E-state index contributed by atoms with van der Waals surface area (Å²) in [5.41, 5.74) is 2.84. The number of aliphatic hydroxyl groups is 1. The minimum Gasteiger partial charge on any atom is -0.508 e. The van der Waals surface area contributed by atoms with Crippen molar-refractivity contribution in [2.24, 2.45) is 5.92 Å². The molecule has 1 aliphatic carbocycles. The fraction of sp³-hybridized carbons (Fsp3) is 0.404. The molecule has 1 atom stereocenters. The van der Waals surface area contributed by atoms with Crippen molar-refractivity contribution in [3.05, 3.63) is 101 Å². The zero-order valence-electron chi connectivity index (χ0n) is 40.9. The Hall–Kier alpha value is -6.77. The van der Waals surface area contributed by atoms with Crippen LogP contribution in [0.15, 0.2) is 79.1 Å². The van der Waals surface area contributed by atoms with Gasteiger partial charge in [-0.1, -0.05) is 17.7 Å². The molecule has 6 N–H and O–H groups in total. The highest BCUT2D eigenvalue weighted by Crippen LogP contribution is 2.42. The molecule has 1 saturated heterocycles. The first-order chi connectivity index (χ1) is 34.4. The van der Waals surface area contributed by atoms with Crippen molar-refractivity contribution in [2.45, 2.75) is 64.2 Å². The van der Waals surface area contributed by atoms with Crippen LogP contribution in [-0.4, -0.2) is 115 Å². The number of carbonyl (C=O) groups excluding carboxylic acids is 3. The number of benzene rings is 4. The van der Waals surface area contributed by atoms with E-state index in [4.69, 9.17) is 35.3 Å². The van der Waals surface area contributed by atoms with Gasteiger partial charge in [-0.15, -0.1) is 0 Å². The first-order valence-corrected chi connectivity index (χ1v) is 24.2. The van der Waals surface area contributed by atoms with E-state index in [-0.39, 0.29) is 35.7 Å². The number of amides is 3. The average molecular weight is 1010 g/mol. The average Bonchev–Trinajstić information content (AvgIpc) is 4.18. The Morgan fingerprint density at radius 1 is 1.08 bits per heavy atom. The number of methoxy groups -OCH3 is 1. The first-order valence-electron chi connectivity index (χ1n) is 23.8. The highest BCUT2D eigenvalue weighted by atomic mass is 35.5. The summed E-state index contributed by atoms with van der Waals surface area (Å²) in [7, 11) is 1.60. The van der Waals surface area contributed by atoms with Gasteiger partial charge in [-0.2, -0.15) is 0 Å². The SMILES string of the molecule is COc1ccc2c(c1)C(C)(C)OC(=O)N2CCC(C)(C)NCC(O)c1cc(O)cc2c1OCC(=O)N2.O=C(/C=C/CN1CCOCC1)Nc1cc2c(Nc3ccc(F)c(Cl)c3)ncnc2cc1OCC1CC1. The van der Waals surface area contributed by atoms with Gasteiger partial charge >= 0.3 is 6.09 Å². The van der Waals surface area contributed by atoms with Gasteiger partial charge in [-0.25, -0.2) is 19.2 Å². The molecule has 1 unspecified atom stereocenters. The van der Waals surface area contributed by atoms with E-state index < -0.39 is 29.2 Å². The Balaban J connectivity index is 0.000000193. The molecule has 1 saturated carbocycles. The third-order valence-corrected chi connectivity index (χ3v) is 12.9. The summed E-state index contributed by atoms with van der Waals surface area (Å²) < 4.78 is 41.6. The van der Waals surface area contributed by atoms with Crippen molar-refractivity contribution in [2.75, 3.05) is 87.1 Å². The highest BCUT2D eigenvalue weighted by molar-refractivity contribution is 6.31. The minimum absolute atomic E-state index is 0.00550. The number of hydrogen-bond acceptors (Lipinski definition) is 15. The number of aromatic hydroxyl groups is 1. The van der Waals surface area contributed by atoms with Crippen LogP contribution >= 0.6 is 11.6 Å². The number of phenolic OH excluding ortho intramolecular Hbond substituents is 1. The predicted octanol–water partition coefficient (Wildman–Crippen LogP) is 8.20. The number of β-amino-alcohol motifs (C(OH)–C–C–N with tert-alkyl or cyclic N) is 1. The number of halogens is 2. The van der Waals surface area contributed by atoms with Gasteiger partial charge in [0.1, 0.15) is 46.6 Å². The van der Waals surface area contributed by atoms with E-state index in [1.54, 1.807) is 30.2 Å². The highest BCUT2D eigenvalue weighted by Gasteiger charge is 2.39. The molecular formula is C52H60ClFN8O10. The number of fused-ring (bicyclic) bond motifs is 3. The molecule has 0 radical (unpaired) electrons. The number of cyclic esters (lactones) is 1. The molecule has 9 rings (SSSR count). The van der Waals surface area contributed by atoms with Crippen LogP contribution in [0.2, 0.25) is 5.02 Å². The van der Waals surface area contributed by atoms with Crippen molar-refractivity contribution in [3.63, 3.8) is 0 Å². The molecular weight excluding hydrogens is 951 g/mol. The van der Waals surface area contributed by atoms with E-state index in [1.807, 2.05) is 52.0 Å². The molecule has 2 fully saturated rings. The zero-order chi connectivity index (χ0) is 51.2. The van der Waals surface area contributed by atoms with Crippen LogP contribution in [0.1, 0.15) is 64.2 Å². The fourth-order valence-electron chi connectivity index (χ4n) is 8.29. The molecule has 382 valence electrons. The maximum atomic E-state index is 13.6. The summed E-state index contributed by atoms with van der Waals surface area (Å²) >= 11 is 5.93. The molecule has 0 spiro atoms. The Morgan fingerprint density at radius 3 is 2.62 bits per heavy atom. The molecule has 4 heterocycles. The zero-order valence-corrected chi connectivity index (χ0v) is 41.6. The van der Waals surface area contributed by atoms with Crippen molar-refractivity contribution in [1.82, 2.24) is 20.2 Å². The Morgan fingerprint density at radius 2 is 1.88 bits per heavy atom. The number of morpholine rings is 1. The number of anilines is 5. The molecule has 20 heteroatoms. The second-order valence-corrected chi connectivity index (χ2v) is 19.5. The summed E-state index contributed by atoms with van der Waals surface area (Å²) in [6, 6.07) is 16.3. The summed E-state index contributed by atoms with van der Waals surface area (Å²) in [6.45, 7) is 12.4. The standard InChI is InChI=1S/C26H27ClFN5O3.C26H33N3O7/c27-20-12-18(5-6-21(20)28)31-26-19-13-23(32-25(34)2-1-7-33-8-10-35-11-9-33)24(36-15-17-3-4-17)14-22(19)29-16-30-26;1-25(2,27-13-21(31)17-10-15(30)11-19-23(17)35-14-22(32)28-19)8-9-29-20-7-6-16(34-5)12-18(20)26(3,4)36-24(29)33/h1-2,5-6,12-14,16-17H,3-4,7-11,15H2,(H,32,34)(H,29,30,31);6-7,10-12,21,27,30-31H,8-9,13-14H2,1-5H3,(H,28,32)/b2-1+;. The van der Waals surface area contributed by atoms with E-state index in [2.05, 4.69) is 36.1 Å². The second-order valence-electron chi connectivity index (χ2n) is 19.1. The molecule has 18 nitrogen and oxygen atoms in total. The molecule has 3 aliphatic heterocycles. The quantitative estimate of drug-likeness (QED) is 0.0484. The number of aliphatic hydroxyl groups excluding tert-OH is 1. The number of ether oxygens (including phenoxy) is 5. The lowest BCUT2D eigenvalue weighted by atomic mass is 9.93. The molecule has 1 aromatic heterocycles. The molecule has 4 aliphatic rings. The number of rotatable bonds is 17.